The van der Waals surface area contributed by atoms with Gasteiger partial charge in [-0.15, -0.1) is 0 Å². The van der Waals surface area contributed by atoms with Gasteiger partial charge in [-0.2, -0.15) is 0 Å². The summed E-state index contributed by atoms with van der Waals surface area (Å²) in [5.74, 6) is 0.457. The Morgan fingerprint density at radius 2 is 2.05 bits per heavy atom. The van der Waals surface area contributed by atoms with Crippen LogP contribution in [0.2, 0.25) is 0 Å². The second-order valence-corrected chi connectivity index (χ2v) is 5.62. The zero-order valence-corrected chi connectivity index (χ0v) is 13.1. The van der Waals surface area contributed by atoms with E-state index in [1.165, 1.54) is 6.07 Å². The zero-order valence-electron chi connectivity index (χ0n) is 11.5. The third-order valence-electron chi connectivity index (χ3n) is 3.07. The van der Waals surface area contributed by atoms with Gasteiger partial charge in [-0.05, 0) is 47.5 Å². The number of benzene rings is 2. The van der Waals surface area contributed by atoms with E-state index in [-0.39, 0.29) is 11.9 Å². The first-order valence-electron chi connectivity index (χ1n) is 6.41. The summed E-state index contributed by atoms with van der Waals surface area (Å²) in [6.45, 7) is 4.20. The Hall–Kier alpha value is -1.39. The molecule has 0 amide bonds. The van der Waals surface area contributed by atoms with Crippen LogP contribution >= 0.6 is 15.9 Å². The van der Waals surface area contributed by atoms with Gasteiger partial charge in [0.2, 0.25) is 0 Å². The third-order valence-corrected chi connectivity index (χ3v) is 3.96. The van der Waals surface area contributed by atoms with Crippen molar-refractivity contribution in [3.63, 3.8) is 0 Å². The maximum absolute atomic E-state index is 13.5. The van der Waals surface area contributed by atoms with Crippen LogP contribution < -0.4 is 10.5 Å². The van der Waals surface area contributed by atoms with Crippen molar-refractivity contribution in [2.24, 2.45) is 5.73 Å². The number of hydrogen-bond donors (Lipinski definition) is 1. The largest absolute Gasteiger partial charge is 0.489 e. The van der Waals surface area contributed by atoms with Crippen LogP contribution in [0, 0.1) is 12.7 Å². The Labute approximate surface area is 126 Å². The average molecular weight is 338 g/mol. The van der Waals surface area contributed by atoms with Gasteiger partial charge < -0.3 is 10.5 Å². The first-order valence-corrected chi connectivity index (χ1v) is 7.20. The van der Waals surface area contributed by atoms with Crippen molar-refractivity contribution < 1.29 is 9.13 Å². The number of hydrogen-bond acceptors (Lipinski definition) is 2. The van der Waals surface area contributed by atoms with Crippen LogP contribution in [0.4, 0.5) is 4.39 Å². The summed E-state index contributed by atoms with van der Waals surface area (Å²) in [5.41, 5.74) is 8.75. The topological polar surface area (TPSA) is 35.2 Å². The summed E-state index contributed by atoms with van der Waals surface area (Å²) in [6.07, 6.45) is 0. The predicted molar refractivity (Wildman–Crippen MR) is 82.2 cm³/mol. The molecule has 2 aromatic rings. The van der Waals surface area contributed by atoms with Gasteiger partial charge in [0.1, 0.15) is 18.2 Å². The molecule has 0 aromatic heterocycles. The second kappa shape index (κ2) is 6.37. The van der Waals surface area contributed by atoms with Gasteiger partial charge in [-0.3, -0.25) is 0 Å². The SMILES string of the molecule is Cc1ccc(C(C)N)c(OCc2cccc(F)c2Br)c1. The maximum Gasteiger partial charge on any atom is 0.137 e. The first-order chi connectivity index (χ1) is 9.49. The molecule has 0 radical (unpaired) electrons. The van der Waals surface area contributed by atoms with E-state index >= 15 is 0 Å². The zero-order chi connectivity index (χ0) is 14.7. The van der Waals surface area contributed by atoms with Gasteiger partial charge in [-0.1, -0.05) is 24.3 Å². The molecule has 20 heavy (non-hydrogen) atoms. The highest BCUT2D eigenvalue weighted by Gasteiger charge is 2.10. The van der Waals surface area contributed by atoms with Crippen LogP contribution in [0.25, 0.3) is 0 Å². The van der Waals surface area contributed by atoms with Crippen LogP contribution in [-0.2, 0) is 6.61 Å². The molecule has 0 fully saturated rings. The maximum atomic E-state index is 13.5. The van der Waals surface area contributed by atoms with Crippen LogP contribution in [0.5, 0.6) is 5.75 Å². The standard InChI is InChI=1S/C16H17BrFNO/c1-10-6-7-13(11(2)19)15(8-10)20-9-12-4-3-5-14(18)16(12)17/h3-8,11H,9,19H2,1-2H3. The minimum Gasteiger partial charge on any atom is -0.489 e. The molecule has 1 unspecified atom stereocenters. The number of rotatable bonds is 4. The molecule has 2 nitrogen and oxygen atoms in total. The van der Waals surface area contributed by atoms with E-state index in [1.54, 1.807) is 6.07 Å². The molecular weight excluding hydrogens is 321 g/mol. The van der Waals surface area contributed by atoms with Crippen molar-refractivity contribution in [3.8, 4) is 5.75 Å². The van der Waals surface area contributed by atoms with Crippen molar-refractivity contribution in [2.75, 3.05) is 0 Å². The number of nitrogens with two attached hydrogens (primary N) is 1. The molecule has 0 saturated carbocycles. The Morgan fingerprint density at radius 1 is 1.30 bits per heavy atom. The van der Waals surface area contributed by atoms with E-state index < -0.39 is 0 Å². The minimum absolute atomic E-state index is 0.110. The molecule has 4 heteroatoms. The summed E-state index contributed by atoms with van der Waals surface area (Å²) in [6, 6.07) is 10.7. The van der Waals surface area contributed by atoms with E-state index in [9.17, 15) is 4.39 Å². The molecule has 0 spiro atoms. The number of halogens is 2. The Morgan fingerprint density at radius 3 is 2.75 bits per heavy atom. The van der Waals surface area contributed by atoms with Crippen LogP contribution in [0.3, 0.4) is 0 Å². The molecule has 0 aliphatic carbocycles. The Balaban J connectivity index is 2.22. The fraction of sp³-hybridized carbons (Fsp3) is 0.250. The summed E-state index contributed by atoms with van der Waals surface area (Å²) in [7, 11) is 0. The van der Waals surface area contributed by atoms with Crippen LogP contribution in [0.1, 0.15) is 29.7 Å². The molecule has 0 heterocycles. The van der Waals surface area contributed by atoms with Crippen molar-refractivity contribution in [2.45, 2.75) is 26.5 Å². The lowest BCUT2D eigenvalue weighted by Crippen LogP contribution is -2.08. The monoisotopic (exact) mass is 337 g/mol. The van der Waals surface area contributed by atoms with Crippen molar-refractivity contribution in [1.29, 1.82) is 0 Å². The van der Waals surface area contributed by atoms with Gasteiger partial charge in [-0.25, -0.2) is 4.39 Å². The normalized spacial score (nSPS) is 12.2. The van der Waals surface area contributed by atoms with Gasteiger partial charge in [0.25, 0.3) is 0 Å². The summed E-state index contributed by atoms with van der Waals surface area (Å²) >= 11 is 3.24. The molecule has 0 bridgehead atoms. The van der Waals surface area contributed by atoms with Gasteiger partial charge >= 0.3 is 0 Å². The lowest BCUT2D eigenvalue weighted by atomic mass is 10.1. The van der Waals surface area contributed by atoms with Crippen LogP contribution in [-0.4, -0.2) is 0 Å². The molecular formula is C16H17BrFNO. The minimum atomic E-state index is -0.289. The quantitative estimate of drug-likeness (QED) is 0.891. The fourth-order valence-electron chi connectivity index (χ4n) is 1.96. The first kappa shape index (κ1) is 15.0. The summed E-state index contributed by atoms with van der Waals surface area (Å²) < 4.78 is 19.7. The molecule has 2 aromatic carbocycles. The predicted octanol–water partition coefficient (Wildman–Crippen LogP) is 4.50. The second-order valence-electron chi connectivity index (χ2n) is 4.83. The summed E-state index contributed by atoms with van der Waals surface area (Å²) in [4.78, 5) is 0. The highest BCUT2D eigenvalue weighted by atomic mass is 79.9. The Bertz CT molecular complexity index is 613. The van der Waals surface area contributed by atoms with Gasteiger partial charge in [0.05, 0.1) is 4.47 Å². The average Bonchev–Trinajstić information content (AvgIpc) is 2.40. The van der Waals surface area contributed by atoms with Gasteiger partial charge in [0, 0.05) is 17.2 Å². The van der Waals surface area contributed by atoms with Crippen molar-refractivity contribution >= 4 is 15.9 Å². The van der Waals surface area contributed by atoms with E-state index in [2.05, 4.69) is 15.9 Å². The lowest BCUT2D eigenvalue weighted by molar-refractivity contribution is 0.300. The van der Waals surface area contributed by atoms with E-state index in [0.717, 1.165) is 22.4 Å². The highest BCUT2D eigenvalue weighted by molar-refractivity contribution is 9.10. The number of aryl methyl sites for hydroxylation is 1. The molecule has 106 valence electrons. The summed E-state index contributed by atoms with van der Waals surface area (Å²) in [5, 5.41) is 0. The van der Waals surface area contributed by atoms with E-state index in [1.807, 2.05) is 38.1 Å². The van der Waals surface area contributed by atoms with E-state index in [0.29, 0.717) is 11.1 Å². The molecule has 0 aliphatic heterocycles. The molecule has 0 aliphatic rings. The van der Waals surface area contributed by atoms with E-state index in [4.69, 9.17) is 10.5 Å². The Kier molecular flexibility index (Phi) is 4.78. The van der Waals surface area contributed by atoms with Crippen molar-refractivity contribution in [3.05, 3.63) is 63.4 Å². The van der Waals surface area contributed by atoms with Gasteiger partial charge in [0.15, 0.2) is 0 Å². The van der Waals surface area contributed by atoms with Crippen LogP contribution in [0.15, 0.2) is 40.9 Å². The molecule has 1 atom stereocenters. The number of ether oxygens (including phenoxy) is 1. The molecule has 2 N–H and O–H groups in total. The highest BCUT2D eigenvalue weighted by Crippen LogP contribution is 2.27. The fourth-order valence-corrected chi connectivity index (χ4v) is 2.34. The lowest BCUT2D eigenvalue weighted by Gasteiger charge is -2.15. The third kappa shape index (κ3) is 3.38. The smallest absolute Gasteiger partial charge is 0.137 e. The van der Waals surface area contributed by atoms with Crippen molar-refractivity contribution in [1.82, 2.24) is 0 Å². The molecule has 2 rings (SSSR count). The molecule has 0 saturated heterocycles.